The van der Waals surface area contributed by atoms with Gasteiger partial charge in [0.2, 0.25) is 5.91 Å². The van der Waals surface area contributed by atoms with Crippen molar-refractivity contribution in [1.29, 1.82) is 0 Å². The highest BCUT2D eigenvalue weighted by atomic mass is 32.2. The second-order valence-corrected chi connectivity index (χ2v) is 8.88. The third-order valence-electron chi connectivity index (χ3n) is 4.78. The predicted octanol–water partition coefficient (Wildman–Crippen LogP) is 3.01. The van der Waals surface area contributed by atoms with E-state index in [-0.39, 0.29) is 10.8 Å². The molecule has 2 aromatic rings. The molecule has 28 heavy (non-hydrogen) atoms. The molecule has 0 radical (unpaired) electrons. The van der Waals surface area contributed by atoms with Gasteiger partial charge < -0.3 is 9.64 Å². The van der Waals surface area contributed by atoms with E-state index in [1.807, 2.05) is 12.1 Å². The smallest absolute Gasteiger partial charge is 0.261 e. The second kappa shape index (κ2) is 8.75. The molecule has 0 atom stereocenters. The number of amides is 1. The van der Waals surface area contributed by atoms with E-state index in [1.54, 1.807) is 41.3 Å². The Hall–Kier alpha value is -2.38. The number of carbonyl (C=O) groups is 1. The van der Waals surface area contributed by atoms with E-state index in [0.29, 0.717) is 44.3 Å². The molecule has 0 bridgehead atoms. The van der Waals surface area contributed by atoms with E-state index in [2.05, 4.69) is 18.6 Å². The van der Waals surface area contributed by atoms with Crippen molar-refractivity contribution in [3.05, 3.63) is 59.7 Å². The molecule has 1 saturated heterocycles. The molecule has 1 amide bonds. The van der Waals surface area contributed by atoms with Crippen LogP contribution in [0.1, 0.15) is 30.9 Å². The monoisotopic (exact) mass is 402 g/mol. The lowest BCUT2D eigenvalue weighted by Crippen LogP contribution is -2.41. The van der Waals surface area contributed by atoms with Crippen molar-refractivity contribution in [2.24, 2.45) is 0 Å². The first-order valence-electron chi connectivity index (χ1n) is 9.42. The lowest BCUT2D eigenvalue weighted by atomic mass is 10.0. The highest BCUT2D eigenvalue weighted by Crippen LogP contribution is 2.20. The number of anilines is 1. The molecule has 6 nitrogen and oxygen atoms in total. The minimum atomic E-state index is -3.65. The number of hydrogen-bond donors (Lipinski definition) is 1. The molecule has 0 aliphatic carbocycles. The summed E-state index contributed by atoms with van der Waals surface area (Å²) < 4.78 is 33.0. The van der Waals surface area contributed by atoms with E-state index in [9.17, 15) is 13.2 Å². The lowest BCUT2D eigenvalue weighted by Gasteiger charge is -2.26. The third-order valence-corrected chi connectivity index (χ3v) is 6.18. The molecule has 0 spiro atoms. The third kappa shape index (κ3) is 5.11. The molecule has 1 heterocycles. The molecule has 2 aromatic carbocycles. The maximum absolute atomic E-state index is 12.6. The number of nitrogens with zero attached hydrogens (tertiary/aromatic N) is 1. The molecule has 1 aliphatic rings. The Morgan fingerprint density at radius 3 is 2.21 bits per heavy atom. The van der Waals surface area contributed by atoms with Gasteiger partial charge in [0.05, 0.1) is 24.5 Å². The van der Waals surface area contributed by atoms with Crippen molar-refractivity contribution in [2.75, 3.05) is 31.0 Å². The molecule has 0 aromatic heterocycles. The van der Waals surface area contributed by atoms with E-state index in [4.69, 9.17) is 4.74 Å². The van der Waals surface area contributed by atoms with Crippen LogP contribution in [0.5, 0.6) is 0 Å². The highest BCUT2D eigenvalue weighted by Gasteiger charge is 2.18. The molecular formula is C21H26N2O4S. The Labute approximate surface area is 166 Å². The average Bonchev–Trinajstić information content (AvgIpc) is 2.70. The lowest BCUT2D eigenvalue weighted by molar-refractivity contribution is -0.134. The van der Waals surface area contributed by atoms with Crippen LogP contribution in [0.25, 0.3) is 0 Å². The average molecular weight is 403 g/mol. The maximum Gasteiger partial charge on any atom is 0.261 e. The van der Waals surface area contributed by atoms with Crippen LogP contribution in [-0.2, 0) is 26.0 Å². The van der Waals surface area contributed by atoms with Gasteiger partial charge in [0.15, 0.2) is 0 Å². The van der Waals surface area contributed by atoms with Crippen LogP contribution in [0.15, 0.2) is 53.4 Å². The summed E-state index contributed by atoms with van der Waals surface area (Å²) in [7, 11) is -3.65. The molecule has 150 valence electrons. The zero-order chi connectivity index (χ0) is 20.1. The highest BCUT2D eigenvalue weighted by molar-refractivity contribution is 7.92. The molecule has 1 fully saturated rings. The quantitative estimate of drug-likeness (QED) is 0.806. The standard InChI is InChI=1S/C21H26N2O4S/c1-16(2)18-5-9-20(10-6-18)28(25,26)22-19-7-3-17(4-8-19)15-21(24)23-11-13-27-14-12-23/h3-10,16,22H,11-15H2,1-2H3. The van der Waals surface area contributed by atoms with Crippen LogP contribution in [0.4, 0.5) is 5.69 Å². The van der Waals surface area contributed by atoms with Gasteiger partial charge in [-0.25, -0.2) is 8.42 Å². The minimum Gasteiger partial charge on any atom is -0.378 e. The summed E-state index contributed by atoms with van der Waals surface area (Å²) >= 11 is 0. The first-order chi connectivity index (χ1) is 13.3. The number of carbonyl (C=O) groups excluding carboxylic acids is 1. The zero-order valence-corrected chi connectivity index (χ0v) is 17.0. The first kappa shape index (κ1) is 20.4. The molecule has 7 heteroatoms. The van der Waals surface area contributed by atoms with Gasteiger partial charge in [-0.2, -0.15) is 0 Å². The summed E-state index contributed by atoms with van der Waals surface area (Å²) in [6.07, 6.45) is 0.295. The molecule has 0 saturated carbocycles. The van der Waals surface area contributed by atoms with E-state index >= 15 is 0 Å². The molecule has 3 rings (SSSR count). The van der Waals surface area contributed by atoms with Crippen LogP contribution in [0.3, 0.4) is 0 Å². The maximum atomic E-state index is 12.6. The van der Waals surface area contributed by atoms with Crippen molar-refractivity contribution in [1.82, 2.24) is 4.90 Å². The number of ether oxygens (including phenoxy) is 1. The summed E-state index contributed by atoms with van der Waals surface area (Å²) in [5, 5.41) is 0. The van der Waals surface area contributed by atoms with Crippen molar-refractivity contribution in [3.63, 3.8) is 0 Å². The molecular weight excluding hydrogens is 376 g/mol. The van der Waals surface area contributed by atoms with Crippen LogP contribution >= 0.6 is 0 Å². The van der Waals surface area contributed by atoms with Gasteiger partial charge in [-0.15, -0.1) is 0 Å². The number of rotatable bonds is 6. The van der Waals surface area contributed by atoms with Crippen molar-refractivity contribution in [2.45, 2.75) is 31.1 Å². The predicted molar refractivity (Wildman–Crippen MR) is 109 cm³/mol. The number of nitrogens with one attached hydrogen (secondary N) is 1. The van der Waals surface area contributed by atoms with Crippen LogP contribution < -0.4 is 4.72 Å². The van der Waals surface area contributed by atoms with E-state index in [0.717, 1.165) is 11.1 Å². The summed E-state index contributed by atoms with van der Waals surface area (Å²) in [4.78, 5) is 14.3. The number of benzene rings is 2. The largest absolute Gasteiger partial charge is 0.378 e. The van der Waals surface area contributed by atoms with Crippen molar-refractivity contribution in [3.8, 4) is 0 Å². The summed E-state index contributed by atoms with van der Waals surface area (Å²) in [5.41, 5.74) is 2.41. The summed E-state index contributed by atoms with van der Waals surface area (Å²) in [6.45, 7) is 6.51. The molecule has 0 unspecified atom stereocenters. The normalized spacial score (nSPS) is 14.9. The fourth-order valence-electron chi connectivity index (χ4n) is 3.04. The van der Waals surface area contributed by atoms with Gasteiger partial charge in [-0.3, -0.25) is 9.52 Å². The van der Waals surface area contributed by atoms with E-state index in [1.165, 1.54) is 0 Å². The number of hydrogen-bond acceptors (Lipinski definition) is 4. The Bertz CT molecular complexity index is 900. The molecule has 1 N–H and O–H groups in total. The summed E-state index contributed by atoms with van der Waals surface area (Å²) in [5.74, 6) is 0.402. The van der Waals surface area contributed by atoms with Crippen LogP contribution in [-0.4, -0.2) is 45.5 Å². The van der Waals surface area contributed by atoms with Crippen LogP contribution in [0.2, 0.25) is 0 Å². The zero-order valence-electron chi connectivity index (χ0n) is 16.2. The van der Waals surface area contributed by atoms with Gasteiger partial charge in [0.25, 0.3) is 10.0 Å². The van der Waals surface area contributed by atoms with Gasteiger partial charge in [0, 0.05) is 18.8 Å². The van der Waals surface area contributed by atoms with Gasteiger partial charge in [-0.05, 0) is 41.3 Å². The Balaban J connectivity index is 1.63. The topological polar surface area (TPSA) is 75.7 Å². The summed E-state index contributed by atoms with van der Waals surface area (Å²) in [6, 6.07) is 13.8. The molecule has 1 aliphatic heterocycles. The Kier molecular flexibility index (Phi) is 6.36. The minimum absolute atomic E-state index is 0.0573. The SMILES string of the molecule is CC(C)c1ccc(S(=O)(=O)Nc2ccc(CC(=O)N3CCOCC3)cc2)cc1. The fraction of sp³-hybridized carbons (Fsp3) is 0.381. The second-order valence-electron chi connectivity index (χ2n) is 7.20. The van der Waals surface area contributed by atoms with E-state index < -0.39 is 10.0 Å². The fourth-order valence-corrected chi connectivity index (χ4v) is 4.09. The van der Waals surface area contributed by atoms with Gasteiger partial charge in [0.1, 0.15) is 0 Å². The Morgan fingerprint density at radius 1 is 1.04 bits per heavy atom. The first-order valence-corrected chi connectivity index (χ1v) is 10.9. The van der Waals surface area contributed by atoms with Crippen molar-refractivity contribution < 1.29 is 17.9 Å². The number of sulfonamides is 1. The number of morpholine rings is 1. The Morgan fingerprint density at radius 2 is 1.64 bits per heavy atom. The van der Waals surface area contributed by atoms with Gasteiger partial charge >= 0.3 is 0 Å². The van der Waals surface area contributed by atoms with Crippen LogP contribution in [0, 0.1) is 0 Å². The van der Waals surface area contributed by atoms with Crippen molar-refractivity contribution >= 4 is 21.6 Å². The van der Waals surface area contributed by atoms with Gasteiger partial charge in [-0.1, -0.05) is 38.1 Å².